The summed E-state index contributed by atoms with van der Waals surface area (Å²) in [5.41, 5.74) is 0. The van der Waals surface area contributed by atoms with Gasteiger partial charge in [-0.05, 0) is 0 Å². The molecule has 0 aromatic heterocycles. The molecule has 0 N–H and O–H groups in total. The van der Waals surface area contributed by atoms with Crippen molar-refractivity contribution in [1.29, 1.82) is 0 Å². The zero-order valence-corrected chi connectivity index (χ0v) is 13.5. The predicted molar refractivity (Wildman–Crippen MR) is 48.1 cm³/mol. The SMILES string of the molecule is [O]=[Sn]([C](F)(F)C(F)(F)C(F)(F)CF)[C](F)(F)C(F)(F)C(F)(F)CF. The van der Waals surface area contributed by atoms with Crippen molar-refractivity contribution in [2.24, 2.45) is 0 Å². The van der Waals surface area contributed by atoms with Crippen molar-refractivity contribution < 1.29 is 64.5 Å². The molecule has 0 aliphatic rings. The Kier molecular flexibility index (Phi) is 6.31. The van der Waals surface area contributed by atoms with Crippen LogP contribution >= 0.6 is 0 Å². The maximum atomic E-state index is 13.0. The summed E-state index contributed by atoms with van der Waals surface area (Å²) in [5.74, 6) is -27.1. The fraction of sp³-hybridized carbons (Fsp3) is 1.00. The molecular formula is C8H4F14OSn. The number of alkyl halides is 14. The van der Waals surface area contributed by atoms with E-state index in [2.05, 4.69) is 0 Å². The van der Waals surface area contributed by atoms with Gasteiger partial charge in [0.1, 0.15) is 0 Å². The van der Waals surface area contributed by atoms with Crippen molar-refractivity contribution in [3.8, 4) is 0 Å². The summed E-state index contributed by atoms with van der Waals surface area (Å²) >= 11 is -8.52. The zero-order valence-electron chi connectivity index (χ0n) is 10.6. The van der Waals surface area contributed by atoms with Gasteiger partial charge in [0.2, 0.25) is 0 Å². The zero-order chi connectivity index (χ0) is 20.0. The molecular weight excluding hydrogens is 497 g/mol. The molecule has 0 aromatic carbocycles. The van der Waals surface area contributed by atoms with Crippen molar-refractivity contribution >= 4 is 19.7 Å². The number of rotatable bonds is 8. The van der Waals surface area contributed by atoms with Crippen LogP contribution in [-0.2, 0) is 3.08 Å². The van der Waals surface area contributed by atoms with Crippen molar-refractivity contribution in [1.82, 2.24) is 0 Å². The van der Waals surface area contributed by atoms with E-state index in [1.165, 1.54) is 0 Å². The van der Waals surface area contributed by atoms with Crippen LogP contribution in [0.5, 0.6) is 0 Å². The second kappa shape index (κ2) is 6.41. The molecule has 0 heterocycles. The first-order chi connectivity index (χ1) is 10.3. The third-order valence-electron chi connectivity index (χ3n) is 2.61. The van der Waals surface area contributed by atoms with E-state index in [9.17, 15) is 64.5 Å². The molecule has 0 aliphatic heterocycles. The predicted octanol–water partition coefficient (Wildman–Crippen LogP) is 4.24. The van der Waals surface area contributed by atoms with Crippen LogP contribution in [0.3, 0.4) is 0 Å². The van der Waals surface area contributed by atoms with Gasteiger partial charge in [-0.15, -0.1) is 0 Å². The van der Waals surface area contributed by atoms with Gasteiger partial charge in [-0.1, -0.05) is 0 Å². The Bertz CT molecular complexity index is 443. The van der Waals surface area contributed by atoms with E-state index >= 15 is 0 Å². The summed E-state index contributed by atoms with van der Waals surface area (Å²) in [7, 11) is 0. The van der Waals surface area contributed by atoms with Crippen LogP contribution in [0.25, 0.3) is 0 Å². The molecule has 0 spiro atoms. The maximum absolute atomic E-state index is 13.0. The second-order valence-corrected chi connectivity index (χ2v) is 9.77. The first-order valence-corrected chi connectivity index (χ1v) is 9.23. The molecule has 0 atom stereocenters. The van der Waals surface area contributed by atoms with Crippen LogP contribution in [-0.4, -0.2) is 64.7 Å². The Morgan fingerprint density at radius 2 is 0.750 bits per heavy atom. The van der Waals surface area contributed by atoms with Crippen LogP contribution in [0, 0.1) is 0 Å². The van der Waals surface area contributed by atoms with Crippen LogP contribution in [0.1, 0.15) is 0 Å². The molecule has 0 aromatic rings. The fourth-order valence-corrected chi connectivity index (χ4v) is 4.91. The van der Waals surface area contributed by atoms with Gasteiger partial charge in [0.25, 0.3) is 0 Å². The summed E-state index contributed by atoms with van der Waals surface area (Å²) in [6.07, 6.45) is 0. The summed E-state index contributed by atoms with van der Waals surface area (Å²) in [4.78, 5) is 0. The van der Waals surface area contributed by atoms with Crippen molar-refractivity contribution in [3.63, 3.8) is 0 Å². The number of hydrogen-bond donors (Lipinski definition) is 0. The van der Waals surface area contributed by atoms with E-state index in [4.69, 9.17) is 0 Å². The van der Waals surface area contributed by atoms with Crippen LogP contribution in [0.2, 0.25) is 0 Å². The van der Waals surface area contributed by atoms with Crippen LogP contribution in [0.4, 0.5) is 61.5 Å². The molecule has 0 bridgehead atoms. The number of hydrogen-bond acceptors (Lipinski definition) is 1. The average molecular weight is 501 g/mol. The fourth-order valence-electron chi connectivity index (χ4n) is 1.11. The molecule has 16 heteroatoms. The van der Waals surface area contributed by atoms with E-state index in [1.807, 2.05) is 0 Å². The molecule has 24 heavy (non-hydrogen) atoms. The third-order valence-corrected chi connectivity index (χ3v) is 7.66. The van der Waals surface area contributed by atoms with Gasteiger partial charge in [-0.3, -0.25) is 0 Å². The molecule has 0 radical (unpaired) electrons. The van der Waals surface area contributed by atoms with Crippen LogP contribution in [0.15, 0.2) is 0 Å². The molecule has 0 saturated heterocycles. The van der Waals surface area contributed by atoms with E-state index < -0.39 is 64.7 Å². The van der Waals surface area contributed by atoms with Gasteiger partial charge in [-0.25, -0.2) is 0 Å². The van der Waals surface area contributed by atoms with Gasteiger partial charge in [0.05, 0.1) is 0 Å². The summed E-state index contributed by atoms with van der Waals surface area (Å²) in [6, 6.07) is 0. The molecule has 0 aliphatic carbocycles. The Morgan fingerprint density at radius 1 is 0.542 bits per heavy atom. The Labute approximate surface area is 130 Å². The molecule has 0 fully saturated rings. The van der Waals surface area contributed by atoms with Gasteiger partial charge in [0, 0.05) is 0 Å². The summed E-state index contributed by atoms with van der Waals surface area (Å²) in [5, 5.41) is 0. The Hall–Kier alpha value is -0.381. The average Bonchev–Trinajstić information content (AvgIpc) is 2.45. The molecule has 0 saturated carbocycles. The minimum absolute atomic E-state index is 3.59. The molecule has 144 valence electrons. The first-order valence-electron chi connectivity index (χ1n) is 5.21. The molecule has 0 amide bonds. The number of halogens is 14. The standard InChI is InChI=1S/2C4H2F7.O.Sn/c2*5-1-3(8,9)4(10,11)2(6)7;;/h2*1H2;;. The minimum atomic E-state index is -8.52. The van der Waals surface area contributed by atoms with Crippen molar-refractivity contribution in [2.75, 3.05) is 13.3 Å². The summed E-state index contributed by atoms with van der Waals surface area (Å²) in [6.45, 7) is -7.18. The van der Waals surface area contributed by atoms with Crippen LogP contribution < -0.4 is 0 Å². The third kappa shape index (κ3) is 3.20. The van der Waals surface area contributed by atoms with Gasteiger partial charge >= 0.3 is 129 Å². The van der Waals surface area contributed by atoms with Crippen molar-refractivity contribution in [3.05, 3.63) is 0 Å². The Morgan fingerprint density at radius 3 is 0.917 bits per heavy atom. The van der Waals surface area contributed by atoms with Gasteiger partial charge in [-0.2, -0.15) is 0 Å². The first kappa shape index (κ1) is 23.6. The molecule has 0 unspecified atom stereocenters. The second-order valence-electron chi connectivity index (χ2n) is 4.30. The molecule has 0 rings (SSSR count). The summed E-state index contributed by atoms with van der Waals surface area (Å²) < 4.78 is 173. The Balaban J connectivity index is 6.17. The molecule has 1 nitrogen and oxygen atoms in total. The van der Waals surface area contributed by atoms with Gasteiger partial charge in [0.15, 0.2) is 0 Å². The topological polar surface area (TPSA) is 17.1 Å². The van der Waals surface area contributed by atoms with Gasteiger partial charge < -0.3 is 0 Å². The van der Waals surface area contributed by atoms with E-state index in [0.29, 0.717) is 0 Å². The monoisotopic (exact) mass is 502 g/mol. The van der Waals surface area contributed by atoms with Crippen molar-refractivity contribution in [2.45, 2.75) is 31.6 Å². The normalized spacial score (nSPS) is 15.6. The van der Waals surface area contributed by atoms with E-state index in [0.717, 1.165) is 0 Å². The van der Waals surface area contributed by atoms with E-state index in [-0.39, 0.29) is 0 Å². The quantitative estimate of drug-likeness (QED) is 0.360. The van der Waals surface area contributed by atoms with E-state index in [1.54, 1.807) is 0 Å².